The monoisotopic (exact) mass is 460 g/mol. The van der Waals surface area contributed by atoms with Crippen LogP contribution in [0.4, 0.5) is 14.5 Å². The number of esters is 1. The fourth-order valence-electron chi connectivity index (χ4n) is 3.71. The van der Waals surface area contributed by atoms with Crippen LogP contribution in [0.2, 0.25) is 0 Å². The van der Waals surface area contributed by atoms with E-state index in [4.69, 9.17) is 26.4 Å². The Morgan fingerprint density at radius 2 is 1.84 bits per heavy atom. The summed E-state index contributed by atoms with van der Waals surface area (Å²) in [7, 11) is 0. The van der Waals surface area contributed by atoms with E-state index in [0.29, 0.717) is 41.7 Å². The molecule has 0 aromatic heterocycles. The highest BCUT2D eigenvalue weighted by atomic mass is 32.1. The molecule has 0 spiro atoms. The molecule has 0 amide bonds. The maximum atomic E-state index is 14.0. The number of hydrogen-bond acceptors (Lipinski definition) is 5. The number of carbonyl (C=O) groups is 1. The van der Waals surface area contributed by atoms with E-state index in [0.717, 1.165) is 12.1 Å². The fraction of sp³-hybridized carbons (Fsp3) is 0.304. The van der Waals surface area contributed by atoms with Crippen LogP contribution < -0.4 is 19.7 Å². The zero-order valence-electron chi connectivity index (χ0n) is 17.8. The maximum absolute atomic E-state index is 14.0. The lowest BCUT2D eigenvalue weighted by molar-refractivity contribution is -0.143. The SMILES string of the molecule is CC1=C(C(=O)OC(C)C)[C@H](c2ccc(F)c(F)c2)NC(=S)N1c1ccc2c(c1)OCCO2. The molecule has 2 aromatic carbocycles. The Morgan fingerprint density at radius 3 is 2.53 bits per heavy atom. The minimum atomic E-state index is -1.02. The Hall–Kier alpha value is -3.20. The smallest absolute Gasteiger partial charge is 0.338 e. The van der Waals surface area contributed by atoms with Crippen molar-refractivity contribution in [2.24, 2.45) is 0 Å². The Morgan fingerprint density at radius 1 is 1.12 bits per heavy atom. The number of ether oxygens (including phenoxy) is 3. The molecule has 0 saturated carbocycles. The van der Waals surface area contributed by atoms with Gasteiger partial charge in [0.25, 0.3) is 0 Å². The number of nitrogens with zero attached hydrogens (tertiary/aromatic N) is 1. The van der Waals surface area contributed by atoms with E-state index in [1.165, 1.54) is 6.07 Å². The van der Waals surface area contributed by atoms with Crippen LogP contribution in [-0.4, -0.2) is 30.4 Å². The van der Waals surface area contributed by atoms with Crippen LogP contribution >= 0.6 is 12.2 Å². The Labute approximate surface area is 189 Å². The van der Waals surface area contributed by atoms with Crippen LogP contribution in [0.25, 0.3) is 0 Å². The van der Waals surface area contributed by atoms with Gasteiger partial charge in [-0.15, -0.1) is 0 Å². The van der Waals surface area contributed by atoms with Crippen molar-refractivity contribution in [3.8, 4) is 11.5 Å². The second kappa shape index (κ2) is 8.74. The molecule has 4 rings (SSSR count). The number of benzene rings is 2. The van der Waals surface area contributed by atoms with E-state index in [2.05, 4.69) is 5.32 Å². The van der Waals surface area contributed by atoms with Gasteiger partial charge in [0.1, 0.15) is 13.2 Å². The van der Waals surface area contributed by atoms with Gasteiger partial charge in [-0.25, -0.2) is 13.6 Å². The zero-order valence-corrected chi connectivity index (χ0v) is 18.6. The second-order valence-electron chi connectivity index (χ2n) is 7.67. The maximum Gasteiger partial charge on any atom is 0.338 e. The van der Waals surface area contributed by atoms with Crippen LogP contribution in [0.15, 0.2) is 47.7 Å². The summed E-state index contributed by atoms with van der Waals surface area (Å²) in [5.41, 5.74) is 1.75. The number of rotatable bonds is 4. The number of carbonyl (C=O) groups excluding carboxylic acids is 1. The minimum absolute atomic E-state index is 0.244. The van der Waals surface area contributed by atoms with Gasteiger partial charge in [-0.2, -0.15) is 0 Å². The van der Waals surface area contributed by atoms with Crippen molar-refractivity contribution >= 4 is 29.0 Å². The third kappa shape index (κ3) is 4.12. The first-order valence-corrected chi connectivity index (χ1v) is 10.5. The molecular weight excluding hydrogens is 438 g/mol. The van der Waals surface area contributed by atoms with Crippen molar-refractivity contribution in [3.05, 3.63) is 64.9 Å². The Kier molecular flexibility index (Phi) is 6.01. The summed E-state index contributed by atoms with van der Waals surface area (Å²) >= 11 is 5.59. The predicted octanol–water partition coefficient (Wildman–Crippen LogP) is 4.40. The van der Waals surface area contributed by atoms with Crippen molar-refractivity contribution < 1.29 is 27.8 Å². The van der Waals surface area contributed by atoms with Crippen molar-refractivity contribution in [1.82, 2.24) is 5.32 Å². The molecule has 1 atom stereocenters. The van der Waals surface area contributed by atoms with Gasteiger partial charge in [0.2, 0.25) is 0 Å². The number of allylic oxidation sites excluding steroid dienone is 1. The number of halogens is 2. The highest BCUT2D eigenvalue weighted by Gasteiger charge is 2.36. The first-order chi connectivity index (χ1) is 15.3. The third-order valence-electron chi connectivity index (χ3n) is 5.11. The van der Waals surface area contributed by atoms with Gasteiger partial charge in [0.05, 0.1) is 23.4 Å². The molecule has 6 nitrogen and oxygen atoms in total. The number of thiocarbonyl (C=S) groups is 1. The molecule has 32 heavy (non-hydrogen) atoms. The fourth-order valence-corrected chi connectivity index (χ4v) is 4.07. The number of hydrogen-bond donors (Lipinski definition) is 1. The predicted molar refractivity (Wildman–Crippen MR) is 119 cm³/mol. The quantitative estimate of drug-likeness (QED) is 0.536. The van der Waals surface area contributed by atoms with Crippen LogP contribution in [0.5, 0.6) is 11.5 Å². The van der Waals surface area contributed by atoms with E-state index in [1.54, 1.807) is 43.9 Å². The van der Waals surface area contributed by atoms with E-state index < -0.39 is 23.6 Å². The van der Waals surface area contributed by atoms with Gasteiger partial charge in [-0.05, 0) is 62.8 Å². The second-order valence-corrected chi connectivity index (χ2v) is 8.06. The van der Waals surface area contributed by atoms with Gasteiger partial charge in [-0.1, -0.05) is 6.07 Å². The number of anilines is 1. The summed E-state index contributed by atoms with van der Waals surface area (Å²) in [4.78, 5) is 14.7. The molecular formula is C23H22F2N2O4S. The lowest BCUT2D eigenvalue weighted by Gasteiger charge is -2.38. The number of nitrogens with one attached hydrogen (secondary N) is 1. The molecule has 2 aliphatic heterocycles. The van der Waals surface area contributed by atoms with Gasteiger partial charge in [0.15, 0.2) is 28.2 Å². The van der Waals surface area contributed by atoms with Crippen LogP contribution in [0, 0.1) is 11.6 Å². The van der Waals surface area contributed by atoms with Crippen molar-refractivity contribution in [2.75, 3.05) is 18.1 Å². The van der Waals surface area contributed by atoms with Gasteiger partial charge in [0, 0.05) is 11.8 Å². The molecule has 0 radical (unpaired) electrons. The molecule has 0 aliphatic carbocycles. The summed E-state index contributed by atoms with van der Waals surface area (Å²) < 4.78 is 44.2. The number of fused-ring (bicyclic) bond motifs is 1. The van der Waals surface area contributed by atoms with Gasteiger partial charge < -0.3 is 19.5 Å². The molecule has 2 heterocycles. The van der Waals surface area contributed by atoms with Crippen LogP contribution in [0.1, 0.15) is 32.4 Å². The average molecular weight is 461 g/mol. The summed E-state index contributed by atoms with van der Waals surface area (Å²) in [5.74, 6) is -1.38. The topological polar surface area (TPSA) is 60.0 Å². The molecule has 0 bridgehead atoms. The van der Waals surface area contributed by atoms with Gasteiger partial charge >= 0.3 is 5.97 Å². The first-order valence-electron chi connectivity index (χ1n) is 10.1. The first kappa shape index (κ1) is 22.0. The molecule has 2 aliphatic rings. The lowest BCUT2D eigenvalue weighted by atomic mass is 9.94. The highest BCUT2D eigenvalue weighted by molar-refractivity contribution is 7.80. The normalized spacial score (nSPS) is 18.0. The van der Waals surface area contributed by atoms with Crippen LogP contribution in [-0.2, 0) is 9.53 Å². The summed E-state index contributed by atoms with van der Waals surface area (Å²) in [6, 6.07) is 8.01. The minimum Gasteiger partial charge on any atom is -0.486 e. The zero-order chi connectivity index (χ0) is 23.0. The van der Waals surface area contributed by atoms with Crippen LogP contribution in [0.3, 0.4) is 0 Å². The van der Waals surface area contributed by atoms with Crippen molar-refractivity contribution in [1.29, 1.82) is 0 Å². The van der Waals surface area contributed by atoms with Crippen molar-refractivity contribution in [3.63, 3.8) is 0 Å². The molecule has 0 saturated heterocycles. The molecule has 2 aromatic rings. The van der Waals surface area contributed by atoms with E-state index in [-0.39, 0.29) is 16.8 Å². The summed E-state index contributed by atoms with van der Waals surface area (Å²) in [6.07, 6.45) is -0.370. The molecule has 1 N–H and O–H groups in total. The lowest BCUT2D eigenvalue weighted by Crippen LogP contribution is -2.48. The van der Waals surface area contributed by atoms with Crippen molar-refractivity contribution in [2.45, 2.75) is 32.9 Å². The van der Waals surface area contributed by atoms with E-state index in [9.17, 15) is 13.6 Å². The highest BCUT2D eigenvalue weighted by Crippen LogP contribution is 2.39. The average Bonchev–Trinajstić information content (AvgIpc) is 2.74. The van der Waals surface area contributed by atoms with E-state index in [1.807, 2.05) is 0 Å². The summed E-state index contributed by atoms with van der Waals surface area (Å²) in [5, 5.41) is 3.37. The molecule has 0 fully saturated rings. The Balaban J connectivity index is 1.81. The molecule has 9 heteroatoms. The largest absolute Gasteiger partial charge is 0.486 e. The third-order valence-corrected chi connectivity index (χ3v) is 5.41. The summed E-state index contributed by atoms with van der Waals surface area (Å²) in [6.45, 7) is 6.10. The van der Waals surface area contributed by atoms with E-state index >= 15 is 0 Å². The standard InChI is InChI=1S/C23H22F2N2O4S/c1-12(2)31-22(28)20-13(3)27(15-5-7-18-19(11-15)30-9-8-29-18)23(32)26-21(20)14-4-6-16(24)17(25)10-14/h4-7,10-12,21H,8-9H2,1-3H3,(H,26,32)/t21-/m0/s1. The van der Waals surface area contributed by atoms with Gasteiger partial charge in [-0.3, -0.25) is 4.90 Å². The Bertz CT molecular complexity index is 1120. The molecule has 168 valence electrons. The molecule has 0 unspecified atom stereocenters.